The van der Waals surface area contributed by atoms with Crippen LogP contribution < -0.4 is 0 Å². The average molecular weight is 818 g/mol. The highest BCUT2D eigenvalue weighted by Gasteiger charge is 2.61. The van der Waals surface area contributed by atoms with Crippen molar-refractivity contribution < 1.29 is 13.6 Å². The summed E-state index contributed by atoms with van der Waals surface area (Å²) in [5.41, 5.74) is 4.90. The van der Waals surface area contributed by atoms with Gasteiger partial charge in [0.15, 0.2) is 0 Å². The normalized spacial score (nSPS) is 45.9. The maximum absolute atomic E-state index is 13.7. The van der Waals surface area contributed by atoms with Crippen LogP contribution >= 0.6 is 8.25 Å². The van der Waals surface area contributed by atoms with Crippen LogP contribution in [0.5, 0.6) is 0 Å². The third-order valence-electron chi connectivity index (χ3n) is 21.0. The van der Waals surface area contributed by atoms with E-state index in [1.165, 1.54) is 116 Å². The molecule has 0 bridgehead atoms. The molecule has 0 spiro atoms. The van der Waals surface area contributed by atoms with Gasteiger partial charge < -0.3 is 0 Å². The van der Waals surface area contributed by atoms with Crippen molar-refractivity contribution in [2.24, 2.45) is 92.7 Å². The first-order chi connectivity index (χ1) is 27.6. The summed E-state index contributed by atoms with van der Waals surface area (Å²) in [5, 5.41) is 0. The Balaban J connectivity index is 0.837. The Hall–Kier alpha value is -0.500. The van der Waals surface area contributed by atoms with Crippen molar-refractivity contribution in [1.82, 2.24) is 0 Å². The van der Waals surface area contributed by atoms with E-state index in [4.69, 9.17) is 9.05 Å². The molecular weight excluding hydrogens is 728 g/mol. The zero-order valence-corrected chi connectivity index (χ0v) is 40.4. The predicted molar refractivity (Wildman–Crippen MR) is 243 cm³/mol. The fourth-order valence-electron chi connectivity index (χ4n) is 17.8. The van der Waals surface area contributed by atoms with Gasteiger partial charge in [0, 0.05) is 17.4 Å². The van der Waals surface area contributed by atoms with Crippen LogP contribution in [0.4, 0.5) is 0 Å². The minimum absolute atomic E-state index is 0.0316. The van der Waals surface area contributed by atoms with Crippen LogP contribution in [-0.4, -0.2) is 12.2 Å². The molecule has 8 aliphatic carbocycles. The van der Waals surface area contributed by atoms with Crippen LogP contribution in [0.25, 0.3) is 0 Å². The third-order valence-corrected chi connectivity index (χ3v) is 21.9. The molecule has 0 radical (unpaired) electrons. The predicted octanol–water partition coefficient (Wildman–Crippen LogP) is 16.5. The van der Waals surface area contributed by atoms with Crippen molar-refractivity contribution in [2.45, 2.75) is 223 Å². The monoisotopic (exact) mass is 818 g/mol. The minimum atomic E-state index is -2.11. The molecule has 3 nitrogen and oxygen atoms in total. The molecule has 0 aromatic rings. The summed E-state index contributed by atoms with van der Waals surface area (Å²) >= 11 is 0. The van der Waals surface area contributed by atoms with Gasteiger partial charge in [0.05, 0.1) is 0 Å². The topological polar surface area (TPSA) is 35.5 Å². The van der Waals surface area contributed by atoms with Crippen LogP contribution in [0.2, 0.25) is 0 Å². The van der Waals surface area contributed by atoms with Gasteiger partial charge in [0.1, 0.15) is 12.2 Å². The van der Waals surface area contributed by atoms with E-state index in [9.17, 15) is 4.57 Å². The molecule has 8 unspecified atom stereocenters. The Morgan fingerprint density at radius 2 is 0.966 bits per heavy atom. The molecule has 6 saturated carbocycles. The first-order valence-corrected chi connectivity index (χ1v) is 26.9. The second-order valence-corrected chi connectivity index (χ2v) is 25.6. The zero-order valence-electron chi connectivity index (χ0n) is 39.5. The molecule has 328 valence electrons. The van der Waals surface area contributed by atoms with Crippen molar-refractivity contribution in [3.63, 3.8) is 0 Å². The van der Waals surface area contributed by atoms with Gasteiger partial charge in [-0.3, -0.25) is 0 Å². The molecule has 6 fully saturated rings. The minimum Gasteiger partial charge on any atom is -0.115 e. The Kier molecular flexibility index (Phi) is 13.1. The van der Waals surface area contributed by atoms with Gasteiger partial charge in [-0.25, -0.2) is 0 Å². The van der Waals surface area contributed by atoms with Gasteiger partial charge in [0.25, 0.3) is 0 Å². The highest BCUT2D eigenvalue weighted by Crippen LogP contribution is 2.69. The zero-order chi connectivity index (χ0) is 41.2. The molecule has 0 N–H and O–H groups in total. The average Bonchev–Trinajstić information content (AvgIpc) is 3.71. The van der Waals surface area contributed by atoms with Gasteiger partial charge >= 0.3 is 8.25 Å². The summed E-state index contributed by atoms with van der Waals surface area (Å²) < 4.78 is 26.5. The fraction of sp³-hybridized carbons (Fsp3) is 0.926. The van der Waals surface area contributed by atoms with Crippen LogP contribution in [-0.2, 0) is 13.6 Å². The van der Waals surface area contributed by atoms with E-state index < -0.39 is 8.25 Å². The van der Waals surface area contributed by atoms with Crippen LogP contribution in [0.15, 0.2) is 23.3 Å². The van der Waals surface area contributed by atoms with Gasteiger partial charge in [-0.15, -0.1) is 9.05 Å². The summed E-state index contributed by atoms with van der Waals surface area (Å²) in [6, 6.07) is 0. The van der Waals surface area contributed by atoms with E-state index in [-0.39, 0.29) is 12.2 Å². The summed E-state index contributed by atoms with van der Waals surface area (Å²) in [5.74, 6) is 10.3. The van der Waals surface area contributed by atoms with Gasteiger partial charge in [-0.05, 0) is 183 Å². The Labute approximate surface area is 359 Å². The number of hydrogen-bond acceptors (Lipinski definition) is 3. The number of fused-ring (bicyclic) bond motifs is 10. The van der Waals surface area contributed by atoms with Gasteiger partial charge in [-0.1, -0.05) is 131 Å². The first kappa shape index (κ1) is 44.1. The van der Waals surface area contributed by atoms with Crippen molar-refractivity contribution in [1.29, 1.82) is 0 Å². The quantitative estimate of drug-likeness (QED) is 0.129. The molecule has 58 heavy (non-hydrogen) atoms. The molecule has 0 aromatic carbocycles. The lowest BCUT2D eigenvalue weighted by molar-refractivity contribution is -0.0587. The smallest absolute Gasteiger partial charge is 0.115 e. The molecule has 8 rings (SSSR count). The molecule has 16 atom stereocenters. The maximum atomic E-state index is 13.7. The molecule has 0 aromatic heterocycles. The van der Waals surface area contributed by atoms with Crippen molar-refractivity contribution in [3.05, 3.63) is 23.3 Å². The SMILES string of the molecule is CC(C)CCC[C@@H](C)[C@H]1CCC2C3CC=C4CC(O[P+](=O)OC5CC[C@@]6(C)C(=CCC7C6CC[C@@]6(C)C7CC[C@@H]6[C@H](C)CCCC(C)C)C5)CC[C@]4(C)C3CC[C@@]21C. The summed E-state index contributed by atoms with van der Waals surface area (Å²) in [6.07, 6.45) is 34.1. The molecule has 8 aliphatic rings. The third kappa shape index (κ3) is 8.01. The number of allylic oxidation sites excluding steroid dienone is 2. The van der Waals surface area contributed by atoms with Crippen molar-refractivity contribution in [3.8, 4) is 0 Å². The molecule has 0 heterocycles. The largest absolute Gasteiger partial charge is 0.697 e. The van der Waals surface area contributed by atoms with E-state index in [0.717, 1.165) is 96.7 Å². The number of rotatable bonds is 14. The number of hydrogen-bond donors (Lipinski definition) is 0. The second kappa shape index (κ2) is 17.2. The summed E-state index contributed by atoms with van der Waals surface area (Å²) in [7, 11) is -2.11. The maximum Gasteiger partial charge on any atom is 0.697 e. The second-order valence-electron chi connectivity index (χ2n) is 24.7. The Bertz CT molecular complexity index is 1420. The standard InChI is InChI=1S/C54H90O3P/c1-35(2)13-11-15-37(5)45-21-23-47-43-19-17-39-33-41(25-29-51(39,7)49(43)27-31-53(45,47)9)56-58(55)57-42-26-30-52(8)40(34-42)18-20-44-48-24-22-46(38(6)16-12-14-36(3)4)54(48,10)32-28-50(44)52/h17-18,35-38,41-50H,11-16,19-34H2,1-10H3/q+1/t37-,38-,41?,42?,43?,44?,45-,46-,47?,48?,49?,50?,51+,52+,53-,54-/m1/s1. The van der Waals surface area contributed by atoms with E-state index in [1.54, 1.807) is 11.1 Å². The molecule has 0 aliphatic heterocycles. The van der Waals surface area contributed by atoms with Crippen molar-refractivity contribution >= 4 is 8.25 Å². The highest BCUT2D eigenvalue weighted by molar-refractivity contribution is 7.33. The Morgan fingerprint density at radius 3 is 1.36 bits per heavy atom. The molecule has 0 saturated heterocycles. The van der Waals surface area contributed by atoms with Crippen LogP contribution in [0.3, 0.4) is 0 Å². The van der Waals surface area contributed by atoms with E-state index in [2.05, 4.69) is 81.4 Å². The fourth-order valence-corrected chi connectivity index (χ4v) is 18.6. The van der Waals surface area contributed by atoms with E-state index >= 15 is 0 Å². The molecular formula is C54H90O3P+. The summed E-state index contributed by atoms with van der Waals surface area (Å²) in [6.45, 7) is 25.4. The van der Waals surface area contributed by atoms with Crippen molar-refractivity contribution in [2.75, 3.05) is 0 Å². The van der Waals surface area contributed by atoms with Gasteiger partial charge in [0.2, 0.25) is 0 Å². The summed E-state index contributed by atoms with van der Waals surface area (Å²) in [4.78, 5) is 0. The van der Waals surface area contributed by atoms with E-state index in [0.29, 0.717) is 21.7 Å². The lowest BCUT2D eigenvalue weighted by Gasteiger charge is -2.58. The van der Waals surface area contributed by atoms with Crippen LogP contribution in [0.1, 0.15) is 210 Å². The molecule has 4 heteroatoms. The van der Waals surface area contributed by atoms with E-state index in [1.807, 2.05) is 0 Å². The highest BCUT2D eigenvalue weighted by atomic mass is 31.1. The lowest BCUT2D eigenvalue weighted by atomic mass is 9.47. The Morgan fingerprint density at radius 1 is 0.552 bits per heavy atom. The lowest BCUT2D eigenvalue weighted by Crippen LogP contribution is -2.51. The molecule has 0 amide bonds. The van der Waals surface area contributed by atoms with Crippen LogP contribution in [0, 0.1) is 92.7 Å². The first-order valence-electron chi connectivity index (χ1n) is 25.8. The van der Waals surface area contributed by atoms with Gasteiger partial charge in [-0.2, -0.15) is 0 Å².